The molecule has 0 aliphatic heterocycles. The maximum Gasteiger partial charge on any atom is 0.116 e. The zero-order valence-corrected chi connectivity index (χ0v) is 8.34. The van der Waals surface area contributed by atoms with E-state index in [1.807, 2.05) is 0 Å². The van der Waals surface area contributed by atoms with Crippen LogP contribution in [-0.2, 0) is 12.8 Å². The molecule has 0 N–H and O–H groups in total. The third-order valence-electron chi connectivity index (χ3n) is 2.07. The van der Waals surface area contributed by atoms with Crippen LogP contribution in [0.2, 0.25) is 0 Å². The van der Waals surface area contributed by atoms with Crippen molar-refractivity contribution in [2.24, 2.45) is 0 Å². The van der Waals surface area contributed by atoms with Crippen LogP contribution in [0.3, 0.4) is 0 Å². The molecule has 0 unspecified atom stereocenters. The molecule has 0 saturated heterocycles. The molecule has 1 aliphatic carbocycles. The first-order valence-corrected chi connectivity index (χ1v) is 4.94. The van der Waals surface area contributed by atoms with Crippen LogP contribution >= 0.6 is 22.6 Å². The standard InChI is InChI=1S/C8H9IN2/c9-8-6-3-1-2-4-7(6)10-5-11-8/h5H,1-4H2. The van der Waals surface area contributed by atoms with Crippen molar-refractivity contribution < 1.29 is 0 Å². The number of aryl methyl sites for hydroxylation is 1. The number of rotatable bonds is 0. The topological polar surface area (TPSA) is 25.8 Å². The fourth-order valence-electron chi connectivity index (χ4n) is 1.48. The summed E-state index contributed by atoms with van der Waals surface area (Å²) in [5.74, 6) is 0. The first kappa shape index (κ1) is 7.46. The second kappa shape index (κ2) is 3.05. The Morgan fingerprint density at radius 2 is 2.00 bits per heavy atom. The molecular weight excluding hydrogens is 251 g/mol. The van der Waals surface area contributed by atoms with E-state index in [1.165, 1.54) is 30.5 Å². The van der Waals surface area contributed by atoms with Gasteiger partial charge >= 0.3 is 0 Å². The normalized spacial score (nSPS) is 16.1. The van der Waals surface area contributed by atoms with Gasteiger partial charge in [-0.25, -0.2) is 9.97 Å². The van der Waals surface area contributed by atoms with Crippen LogP contribution in [0.15, 0.2) is 6.33 Å². The lowest BCUT2D eigenvalue weighted by molar-refractivity contribution is 0.657. The Labute approximate surface area is 79.6 Å². The summed E-state index contributed by atoms with van der Waals surface area (Å²) in [5, 5.41) is 0. The molecule has 0 fully saturated rings. The average Bonchev–Trinajstić information content (AvgIpc) is 2.06. The van der Waals surface area contributed by atoms with Gasteiger partial charge in [-0.15, -0.1) is 0 Å². The molecule has 0 spiro atoms. The summed E-state index contributed by atoms with van der Waals surface area (Å²) in [7, 11) is 0. The Balaban J connectivity index is 2.49. The zero-order valence-electron chi connectivity index (χ0n) is 6.18. The number of hydrogen-bond donors (Lipinski definition) is 0. The maximum absolute atomic E-state index is 4.26. The Hall–Kier alpha value is -0.190. The van der Waals surface area contributed by atoms with Crippen molar-refractivity contribution in [2.45, 2.75) is 25.7 Å². The lowest BCUT2D eigenvalue weighted by atomic mass is 9.98. The fraction of sp³-hybridized carbons (Fsp3) is 0.500. The highest BCUT2D eigenvalue weighted by atomic mass is 127. The second-order valence-electron chi connectivity index (χ2n) is 2.80. The molecule has 3 heteroatoms. The summed E-state index contributed by atoms with van der Waals surface area (Å²) >= 11 is 2.29. The molecule has 11 heavy (non-hydrogen) atoms. The predicted octanol–water partition coefficient (Wildman–Crippen LogP) is 1.96. The SMILES string of the molecule is Ic1ncnc2c1CCCC2. The van der Waals surface area contributed by atoms with Crippen LogP contribution in [0.1, 0.15) is 24.1 Å². The minimum Gasteiger partial charge on any atom is -0.241 e. The Bertz CT molecular complexity index is 273. The lowest BCUT2D eigenvalue weighted by Crippen LogP contribution is -2.08. The molecule has 0 radical (unpaired) electrons. The average molecular weight is 260 g/mol. The van der Waals surface area contributed by atoms with Crippen molar-refractivity contribution in [1.29, 1.82) is 0 Å². The highest BCUT2D eigenvalue weighted by Crippen LogP contribution is 2.21. The van der Waals surface area contributed by atoms with Crippen LogP contribution in [0, 0.1) is 3.70 Å². The third kappa shape index (κ3) is 1.38. The van der Waals surface area contributed by atoms with E-state index < -0.39 is 0 Å². The van der Waals surface area contributed by atoms with Gasteiger partial charge in [0.15, 0.2) is 0 Å². The van der Waals surface area contributed by atoms with Crippen LogP contribution < -0.4 is 0 Å². The van der Waals surface area contributed by atoms with Crippen LogP contribution in [0.5, 0.6) is 0 Å². The van der Waals surface area contributed by atoms with Gasteiger partial charge < -0.3 is 0 Å². The highest BCUT2D eigenvalue weighted by molar-refractivity contribution is 14.1. The number of halogens is 1. The van der Waals surface area contributed by atoms with E-state index in [0.29, 0.717) is 0 Å². The van der Waals surface area contributed by atoms with Crippen LogP contribution in [-0.4, -0.2) is 9.97 Å². The molecule has 0 amide bonds. The van der Waals surface area contributed by atoms with Gasteiger partial charge in [-0.05, 0) is 48.3 Å². The molecule has 0 aromatic carbocycles. The van der Waals surface area contributed by atoms with Crippen LogP contribution in [0.25, 0.3) is 0 Å². The van der Waals surface area contributed by atoms with Gasteiger partial charge in [0.2, 0.25) is 0 Å². The van der Waals surface area contributed by atoms with E-state index in [2.05, 4.69) is 32.6 Å². The second-order valence-corrected chi connectivity index (χ2v) is 3.82. The first-order chi connectivity index (χ1) is 5.38. The largest absolute Gasteiger partial charge is 0.241 e. The van der Waals surface area contributed by atoms with Gasteiger partial charge in [0.05, 0.1) is 0 Å². The molecule has 2 nitrogen and oxygen atoms in total. The molecule has 1 aliphatic rings. The maximum atomic E-state index is 4.26. The van der Waals surface area contributed by atoms with Crippen molar-refractivity contribution in [3.63, 3.8) is 0 Å². The summed E-state index contributed by atoms with van der Waals surface area (Å²) in [4.78, 5) is 8.43. The number of nitrogens with zero attached hydrogens (tertiary/aromatic N) is 2. The number of hydrogen-bond acceptors (Lipinski definition) is 2. The Kier molecular flexibility index (Phi) is 2.07. The molecule has 1 heterocycles. The molecule has 2 rings (SSSR count). The van der Waals surface area contributed by atoms with Crippen molar-refractivity contribution in [3.05, 3.63) is 21.3 Å². The monoisotopic (exact) mass is 260 g/mol. The number of aromatic nitrogens is 2. The quantitative estimate of drug-likeness (QED) is 0.526. The van der Waals surface area contributed by atoms with Gasteiger partial charge in [0, 0.05) is 11.3 Å². The highest BCUT2D eigenvalue weighted by Gasteiger charge is 2.12. The lowest BCUT2D eigenvalue weighted by Gasteiger charge is -2.14. The van der Waals surface area contributed by atoms with E-state index in [9.17, 15) is 0 Å². The Morgan fingerprint density at radius 1 is 1.18 bits per heavy atom. The van der Waals surface area contributed by atoms with E-state index >= 15 is 0 Å². The van der Waals surface area contributed by atoms with Crippen molar-refractivity contribution >= 4 is 22.6 Å². The van der Waals surface area contributed by atoms with Crippen LogP contribution in [0.4, 0.5) is 0 Å². The predicted molar refractivity (Wildman–Crippen MR) is 51.4 cm³/mol. The zero-order chi connectivity index (χ0) is 7.68. The minimum atomic E-state index is 1.15. The minimum absolute atomic E-state index is 1.15. The van der Waals surface area contributed by atoms with Gasteiger partial charge in [-0.1, -0.05) is 0 Å². The first-order valence-electron chi connectivity index (χ1n) is 3.86. The molecule has 0 atom stereocenters. The summed E-state index contributed by atoms with van der Waals surface area (Å²) in [6.45, 7) is 0. The molecule has 0 bridgehead atoms. The number of fused-ring (bicyclic) bond motifs is 1. The van der Waals surface area contributed by atoms with Gasteiger partial charge in [0.1, 0.15) is 10.0 Å². The summed E-state index contributed by atoms with van der Waals surface area (Å²) < 4.78 is 1.15. The van der Waals surface area contributed by atoms with E-state index in [1.54, 1.807) is 6.33 Å². The van der Waals surface area contributed by atoms with E-state index in [0.717, 1.165) is 10.1 Å². The van der Waals surface area contributed by atoms with Gasteiger partial charge in [0.25, 0.3) is 0 Å². The third-order valence-corrected chi connectivity index (χ3v) is 3.00. The van der Waals surface area contributed by atoms with Gasteiger partial charge in [-0.3, -0.25) is 0 Å². The fourth-order valence-corrected chi connectivity index (χ4v) is 2.19. The molecule has 58 valence electrons. The van der Waals surface area contributed by atoms with Gasteiger partial charge in [-0.2, -0.15) is 0 Å². The van der Waals surface area contributed by atoms with Crippen molar-refractivity contribution in [1.82, 2.24) is 9.97 Å². The molecule has 0 saturated carbocycles. The summed E-state index contributed by atoms with van der Waals surface area (Å²) in [6.07, 6.45) is 6.59. The summed E-state index contributed by atoms with van der Waals surface area (Å²) in [6, 6.07) is 0. The van der Waals surface area contributed by atoms with Crippen molar-refractivity contribution in [2.75, 3.05) is 0 Å². The van der Waals surface area contributed by atoms with Crippen molar-refractivity contribution in [3.8, 4) is 0 Å². The Morgan fingerprint density at radius 3 is 2.82 bits per heavy atom. The summed E-state index contributed by atoms with van der Waals surface area (Å²) in [5.41, 5.74) is 2.66. The smallest absolute Gasteiger partial charge is 0.116 e. The molecule has 1 aromatic heterocycles. The molecule has 1 aromatic rings. The molecular formula is C8H9IN2. The van der Waals surface area contributed by atoms with E-state index in [4.69, 9.17) is 0 Å². The van der Waals surface area contributed by atoms with E-state index in [-0.39, 0.29) is 0 Å².